The van der Waals surface area contributed by atoms with E-state index in [1.54, 1.807) is 13.1 Å². The fourth-order valence-electron chi connectivity index (χ4n) is 2.44. The molecule has 1 fully saturated rings. The van der Waals surface area contributed by atoms with Gasteiger partial charge in [-0.15, -0.1) is 0 Å². The lowest BCUT2D eigenvalue weighted by Crippen LogP contribution is -2.43. The van der Waals surface area contributed by atoms with Crippen LogP contribution in [0.15, 0.2) is 24.3 Å². The summed E-state index contributed by atoms with van der Waals surface area (Å²) in [5.74, 6) is -2.18. The zero-order valence-corrected chi connectivity index (χ0v) is 9.97. The normalized spacial score (nSPS) is 24.1. The van der Waals surface area contributed by atoms with Crippen molar-refractivity contribution in [2.45, 2.75) is 18.9 Å². The SMILES string of the molecule is CN1C(=O)CC[C@H](C(=O)O)[C@H]1c1cccc(F)c1. The number of carboxylic acid groups (broad SMARTS) is 1. The van der Waals surface area contributed by atoms with Gasteiger partial charge in [-0.05, 0) is 24.1 Å². The number of carboxylic acids is 1. The molecule has 1 aliphatic rings. The Hall–Kier alpha value is -1.91. The van der Waals surface area contributed by atoms with Crippen molar-refractivity contribution in [3.63, 3.8) is 0 Å². The fourth-order valence-corrected chi connectivity index (χ4v) is 2.44. The van der Waals surface area contributed by atoms with Gasteiger partial charge in [-0.25, -0.2) is 4.39 Å². The number of rotatable bonds is 2. The van der Waals surface area contributed by atoms with Gasteiger partial charge in [-0.3, -0.25) is 9.59 Å². The molecule has 2 rings (SSSR count). The maximum Gasteiger partial charge on any atom is 0.308 e. The van der Waals surface area contributed by atoms with E-state index in [1.165, 1.54) is 23.1 Å². The molecule has 5 heteroatoms. The summed E-state index contributed by atoms with van der Waals surface area (Å²) in [7, 11) is 1.56. The van der Waals surface area contributed by atoms with Crippen LogP contribution in [0.3, 0.4) is 0 Å². The molecule has 0 radical (unpaired) electrons. The molecule has 1 heterocycles. The third-order valence-electron chi connectivity index (χ3n) is 3.37. The Balaban J connectivity index is 2.41. The average molecular weight is 251 g/mol. The minimum absolute atomic E-state index is 0.109. The van der Waals surface area contributed by atoms with Gasteiger partial charge in [-0.2, -0.15) is 0 Å². The Kier molecular flexibility index (Phi) is 3.32. The highest BCUT2D eigenvalue weighted by atomic mass is 19.1. The summed E-state index contributed by atoms with van der Waals surface area (Å²) >= 11 is 0. The van der Waals surface area contributed by atoms with E-state index in [2.05, 4.69) is 0 Å². The summed E-state index contributed by atoms with van der Waals surface area (Å²) in [5, 5.41) is 9.21. The molecule has 0 bridgehead atoms. The molecule has 1 aliphatic heterocycles. The third kappa shape index (κ3) is 2.20. The zero-order valence-electron chi connectivity index (χ0n) is 9.97. The van der Waals surface area contributed by atoms with E-state index in [-0.39, 0.29) is 12.3 Å². The Morgan fingerprint density at radius 2 is 2.22 bits per heavy atom. The number of aliphatic carboxylic acids is 1. The van der Waals surface area contributed by atoms with Crippen molar-refractivity contribution in [3.8, 4) is 0 Å². The molecule has 1 aromatic carbocycles. The standard InChI is InChI=1S/C13H14FNO3/c1-15-11(16)6-5-10(13(17)18)12(15)8-3-2-4-9(14)7-8/h2-4,7,10,12H,5-6H2,1H3,(H,17,18)/t10-,12+/m0/s1. The van der Waals surface area contributed by atoms with E-state index in [4.69, 9.17) is 0 Å². The van der Waals surface area contributed by atoms with Crippen LogP contribution in [0.2, 0.25) is 0 Å². The number of carbonyl (C=O) groups excluding carboxylic acids is 1. The number of nitrogens with zero attached hydrogens (tertiary/aromatic N) is 1. The van der Waals surface area contributed by atoms with Gasteiger partial charge in [0, 0.05) is 13.5 Å². The van der Waals surface area contributed by atoms with Crippen molar-refractivity contribution >= 4 is 11.9 Å². The zero-order chi connectivity index (χ0) is 13.3. The molecular formula is C13H14FNO3. The van der Waals surface area contributed by atoms with E-state index >= 15 is 0 Å². The monoisotopic (exact) mass is 251 g/mol. The quantitative estimate of drug-likeness (QED) is 0.872. The van der Waals surface area contributed by atoms with Gasteiger partial charge in [0.2, 0.25) is 5.91 Å². The average Bonchev–Trinajstić information content (AvgIpc) is 2.32. The Morgan fingerprint density at radius 3 is 2.83 bits per heavy atom. The van der Waals surface area contributed by atoms with Gasteiger partial charge < -0.3 is 10.0 Å². The molecule has 1 aromatic rings. The molecular weight excluding hydrogens is 237 g/mol. The number of hydrogen-bond acceptors (Lipinski definition) is 2. The summed E-state index contributed by atoms with van der Waals surface area (Å²) in [4.78, 5) is 24.3. The molecule has 0 spiro atoms. The van der Waals surface area contributed by atoms with Crippen LogP contribution in [0.5, 0.6) is 0 Å². The first-order valence-electron chi connectivity index (χ1n) is 5.74. The minimum Gasteiger partial charge on any atom is -0.481 e. The van der Waals surface area contributed by atoms with E-state index in [0.717, 1.165) is 0 Å². The van der Waals surface area contributed by atoms with Gasteiger partial charge in [0.1, 0.15) is 5.82 Å². The topological polar surface area (TPSA) is 57.6 Å². The second-order valence-corrected chi connectivity index (χ2v) is 4.49. The summed E-state index contributed by atoms with van der Waals surface area (Å²) in [5.41, 5.74) is 0.526. The Bertz CT molecular complexity index is 489. The Labute approximate surface area is 104 Å². The van der Waals surface area contributed by atoms with Gasteiger partial charge >= 0.3 is 5.97 Å². The van der Waals surface area contributed by atoms with Crippen LogP contribution in [0.1, 0.15) is 24.4 Å². The van der Waals surface area contributed by atoms with Crippen LogP contribution in [-0.4, -0.2) is 28.9 Å². The summed E-state index contributed by atoms with van der Waals surface area (Å²) in [6.45, 7) is 0. The summed E-state index contributed by atoms with van der Waals surface area (Å²) in [6.07, 6.45) is 0.513. The number of benzene rings is 1. The van der Waals surface area contributed by atoms with E-state index in [9.17, 15) is 19.1 Å². The maximum atomic E-state index is 13.2. The van der Waals surface area contributed by atoms with Crippen LogP contribution >= 0.6 is 0 Å². The summed E-state index contributed by atoms with van der Waals surface area (Å²) in [6, 6.07) is 5.16. The highest BCUT2D eigenvalue weighted by Gasteiger charge is 2.38. The van der Waals surface area contributed by atoms with Crippen molar-refractivity contribution < 1.29 is 19.1 Å². The number of piperidine rings is 1. The molecule has 96 valence electrons. The number of amides is 1. The van der Waals surface area contributed by atoms with Crippen LogP contribution < -0.4 is 0 Å². The van der Waals surface area contributed by atoms with Crippen LogP contribution in [0.25, 0.3) is 0 Å². The highest BCUT2D eigenvalue weighted by Crippen LogP contribution is 2.35. The molecule has 0 aromatic heterocycles. The molecule has 1 saturated heterocycles. The molecule has 0 unspecified atom stereocenters. The predicted molar refractivity (Wildman–Crippen MR) is 62.3 cm³/mol. The molecule has 2 atom stereocenters. The van der Waals surface area contributed by atoms with E-state index in [0.29, 0.717) is 12.0 Å². The first-order chi connectivity index (χ1) is 8.50. The van der Waals surface area contributed by atoms with Crippen LogP contribution in [0.4, 0.5) is 4.39 Å². The minimum atomic E-state index is -0.955. The van der Waals surface area contributed by atoms with Crippen molar-refractivity contribution in [2.75, 3.05) is 7.05 Å². The first-order valence-corrected chi connectivity index (χ1v) is 5.74. The first kappa shape index (κ1) is 12.5. The second-order valence-electron chi connectivity index (χ2n) is 4.49. The lowest BCUT2D eigenvalue weighted by molar-refractivity contribution is -0.150. The van der Waals surface area contributed by atoms with Crippen molar-refractivity contribution in [1.82, 2.24) is 4.90 Å². The van der Waals surface area contributed by atoms with Crippen LogP contribution in [-0.2, 0) is 9.59 Å². The van der Waals surface area contributed by atoms with Gasteiger partial charge in [0.05, 0.1) is 12.0 Å². The van der Waals surface area contributed by atoms with E-state index < -0.39 is 23.7 Å². The lowest BCUT2D eigenvalue weighted by atomic mass is 9.84. The largest absolute Gasteiger partial charge is 0.481 e. The smallest absolute Gasteiger partial charge is 0.308 e. The molecule has 4 nitrogen and oxygen atoms in total. The molecule has 1 amide bonds. The highest BCUT2D eigenvalue weighted by molar-refractivity contribution is 5.81. The number of halogens is 1. The van der Waals surface area contributed by atoms with E-state index in [1.807, 2.05) is 0 Å². The molecule has 0 aliphatic carbocycles. The Morgan fingerprint density at radius 1 is 1.50 bits per heavy atom. The van der Waals surface area contributed by atoms with Crippen molar-refractivity contribution in [2.24, 2.45) is 5.92 Å². The maximum absolute atomic E-state index is 13.2. The van der Waals surface area contributed by atoms with Gasteiger partial charge in [0.15, 0.2) is 0 Å². The lowest BCUT2D eigenvalue weighted by Gasteiger charge is -2.37. The fraction of sp³-hybridized carbons (Fsp3) is 0.385. The molecule has 1 N–H and O–H groups in total. The molecule has 0 saturated carbocycles. The molecule has 18 heavy (non-hydrogen) atoms. The van der Waals surface area contributed by atoms with Crippen molar-refractivity contribution in [1.29, 1.82) is 0 Å². The van der Waals surface area contributed by atoms with Crippen molar-refractivity contribution in [3.05, 3.63) is 35.6 Å². The number of carbonyl (C=O) groups is 2. The number of likely N-dealkylation sites (tertiary alicyclic amines) is 1. The predicted octanol–water partition coefficient (Wildman–Crippen LogP) is 1.82. The van der Waals surface area contributed by atoms with Gasteiger partial charge in [0.25, 0.3) is 0 Å². The second kappa shape index (κ2) is 4.76. The number of hydrogen-bond donors (Lipinski definition) is 1. The summed E-state index contributed by atoms with van der Waals surface area (Å²) < 4.78 is 13.2. The van der Waals surface area contributed by atoms with Crippen LogP contribution in [0, 0.1) is 11.7 Å². The van der Waals surface area contributed by atoms with Gasteiger partial charge in [-0.1, -0.05) is 12.1 Å². The third-order valence-corrected chi connectivity index (χ3v) is 3.37.